The zero-order valence-corrected chi connectivity index (χ0v) is 29.1. The molecule has 5 rings (SSSR count). The van der Waals surface area contributed by atoms with Gasteiger partial charge in [0, 0.05) is 22.0 Å². The Hall–Kier alpha value is -2.89. The molecule has 0 aromatic heterocycles. The summed E-state index contributed by atoms with van der Waals surface area (Å²) in [4.78, 5) is 26.5. The number of alkyl halides is 2. The Bertz CT molecular complexity index is 1710. The molecule has 2 fully saturated rings. The van der Waals surface area contributed by atoms with Crippen LogP contribution in [0.4, 0.5) is 13.6 Å². The Kier molecular flexibility index (Phi) is 9.70. The van der Waals surface area contributed by atoms with E-state index in [0.717, 1.165) is 10.9 Å². The number of Topliss-reactive ketones (excluding diaryl/α,β-unsaturated/α-hetero) is 1. The highest BCUT2D eigenvalue weighted by molar-refractivity contribution is 9.10. The monoisotopic (exact) mass is 718 g/mol. The van der Waals surface area contributed by atoms with Crippen LogP contribution >= 0.6 is 15.9 Å². The number of nitrogens with one attached hydrogen (secondary N) is 2. The van der Waals surface area contributed by atoms with Crippen LogP contribution in [0, 0.1) is 17.8 Å². The molecule has 2 aliphatic rings. The van der Waals surface area contributed by atoms with Gasteiger partial charge < -0.3 is 10.1 Å². The highest BCUT2D eigenvalue weighted by atomic mass is 79.9. The number of halogens is 3. The lowest BCUT2D eigenvalue weighted by molar-refractivity contribution is -0.139. The average Bonchev–Trinajstić information content (AvgIpc) is 3.24. The molecule has 0 radical (unpaired) electrons. The molecule has 3 aromatic rings. The van der Waals surface area contributed by atoms with E-state index in [1.807, 2.05) is 18.2 Å². The summed E-state index contributed by atoms with van der Waals surface area (Å²) < 4.78 is 68.5. The molecule has 0 aliphatic heterocycles. The smallest absolute Gasteiger partial charge is 0.407 e. The van der Waals surface area contributed by atoms with Crippen molar-refractivity contribution in [1.82, 2.24) is 10.0 Å². The molecule has 2 aliphatic carbocycles. The van der Waals surface area contributed by atoms with Crippen molar-refractivity contribution in [3.8, 4) is 0 Å². The van der Waals surface area contributed by atoms with E-state index in [1.54, 1.807) is 26.8 Å². The number of ketones is 1. The predicted octanol–water partition coefficient (Wildman–Crippen LogP) is 8.06. The molecule has 3 atom stereocenters. The summed E-state index contributed by atoms with van der Waals surface area (Å²) >= 11 is 3.25. The van der Waals surface area contributed by atoms with Crippen LogP contribution in [0.2, 0.25) is 0 Å². The Labute approximate surface area is 278 Å². The normalized spacial score (nSPS) is 22.5. The zero-order chi connectivity index (χ0) is 33.6. The van der Waals surface area contributed by atoms with Gasteiger partial charge in [0.15, 0.2) is 5.78 Å². The van der Waals surface area contributed by atoms with Crippen LogP contribution in [0.3, 0.4) is 0 Å². The number of sulfonamides is 1. The van der Waals surface area contributed by atoms with Crippen molar-refractivity contribution in [2.75, 3.05) is 0 Å². The number of amides is 1. The highest BCUT2D eigenvalue weighted by Gasteiger charge is 2.55. The lowest BCUT2D eigenvalue weighted by atomic mass is 9.72. The third-order valence-electron chi connectivity index (χ3n) is 9.11. The quantitative estimate of drug-likeness (QED) is 0.233. The van der Waals surface area contributed by atoms with Gasteiger partial charge in [0.05, 0.1) is 4.90 Å². The number of carbonyl (C=O) groups is 2. The van der Waals surface area contributed by atoms with Gasteiger partial charge in [-0.2, -0.15) is 13.5 Å². The van der Waals surface area contributed by atoms with E-state index < -0.39 is 50.9 Å². The molecule has 3 unspecified atom stereocenters. The van der Waals surface area contributed by atoms with Crippen molar-refractivity contribution in [3.63, 3.8) is 0 Å². The number of hydrogen-bond acceptors (Lipinski definition) is 5. The number of benzene rings is 3. The Morgan fingerprint density at radius 1 is 0.913 bits per heavy atom. The van der Waals surface area contributed by atoms with E-state index in [-0.39, 0.29) is 28.7 Å². The lowest BCUT2D eigenvalue weighted by Gasteiger charge is -2.38. The molecule has 2 saturated carbocycles. The topological polar surface area (TPSA) is 102 Å². The zero-order valence-electron chi connectivity index (χ0n) is 26.6. The molecule has 7 nitrogen and oxygen atoms in total. The van der Waals surface area contributed by atoms with E-state index in [1.165, 1.54) is 36.4 Å². The molecule has 2 N–H and O–H groups in total. The average molecular weight is 720 g/mol. The van der Waals surface area contributed by atoms with Gasteiger partial charge in [0.25, 0.3) is 5.92 Å². The predicted molar refractivity (Wildman–Crippen MR) is 177 cm³/mol. The summed E-state index contributed by atoms with van der Waals surface area (Å²) in [5, 5.41) is 4.34. The number of fused-ring (bicyclic) bond motifs is 3. The molecule has 3 aromatic carbocycles. The molecule has 2 bridgehead atoms. The fraction of sp³-hybridized carbons (Fsp3) is 0.486. The van der Waals surface area contributed by atoms with E-state index in [2.05, 4.69) is 39.8 Å². The first kappa shape index (κ1) is 34.4. The van der Waals surface area contributed by atoms with Crippen LogP contribution in [0.15, 0.2) is 70.0 Å². The third kappa shape index (κ3) is 7.47. The SMILES string of the molecule is CC(C)c1ccc2cc(S(=O)(=O)NC(C(=O)C3C4CCC3CC(NC(=O)OC(C)(C)C)C4)C(F)(F)c3ccc(Br)cc3)ccc2c1. The van der Waals surface area contributed by atoms with Crippen LogP contribution in [0.5, 0.6) is 0 Å². The van der Waals surface area contributed by atoms with Crippen LogP contribution < -0.4 is 10.0 Å². The van der Waals surface area contributed by atoms with Gasteiger partial charge in [-0.15, -0.1) is 0 Å². The second-order valence-corrected chi connectivity index (χ2v) is 16.6. The lowest BCUT2D eigenvalue weighted by Crippen LogP contribution is -2.55. The number of carbonyl (C=O) groups excluding carboxylic acids is 2. The van der Waals surface area contributed by atoms with Crippen LogP contribution in [-0.4, -0.2) is 38.0 Å². The van der Waals surface area contributed by atoms with Crippen LogP contribution in [0.1, 0.15) is 77.3 Å². The molecule has 46 heavy (non-hydrogen) atoms. The third-order valence-corrected chi connectivity index (χ3v) is 11.1. The van der Waals surface area contributed by atoms with E-state index in [4.69, 9.17) is 4.74 Å². The second kappa shape index (κ2) is 13.0. The van der Waals surface area contributed by atoms with Crippen LogP contribution in [-0.2, 0) is 25.5 Å². The van der Waals surface area contributed by atoms with Gasteiger partial charge in [0.1, 0.15) is 11.6 Å². The molecular formula is C35H41BrF2N2O5S. The molecule has 0 heterocycles. The van der Waals surface area contributed by atoms with Crippen molar-refractivity contribution in [2.24, 2.45) is 17.8 Å². The van der Waals surface area contributed by atoms with Crippen molar-refractivity contribution >= 4 is 48.6 Å². The number of ether oxygens (including phenoxy) is 1. The van der Waals surface area contributed by atoms with Gasteiger partial charge in [-0.1, -0.05) is 66.2 Å². The minimum absolute atomic E-state index is 0.199. The van der Waals surface area contributed by atoms with Crippen molar-refractivity contribution in [1.29, 1.82) is 0 Å². The standard InChI is InChI=1S/C35H41BrF2N2O5S/c1-20(2)21-6-7-23-19-29(15-10-22(23)16-21)46(43,44)40-32(35(37,38)26-11-13-27(36)14-12-26)31(41)30-24-8-9-25(30)18-28(17-24)39-33(42)45-34(3,4)5/h6-7,10-16,19-20,24-25,28,30,32,40H,8-9,17-18H2,1-5H3,(H,39,42). The fourth-order valence-electron chi connectivity index (χ4n) is 6.92. The first-order valence-electron chi connectivity index (χ1n) is 15.7. The van der Waals surface area contributed by atoms with Gasteiger partial charge in [-0.25, -0.2) is 13.2 Å². The second-order valence-electron chi connectivity index (χ2n) is 13.9. The summed E-state index contributed by atoms with van der Waals surface area (Å²) in [5.41, 5.74) is -0.0582. The molecule has 0 spiro atoms. The summed E-state index contributed by atoms with van der Waals surface area (Å²) in [5.74, 6) is -5.75. The molecule has 1 amide bonds. The largest absolute Gasteiger partial charge is 0.444 e. The molecule has 11 heteroatoms. The van der Waals surface area contributed by atoms with Crippen LogP contribution in [0.25, 0.3) is 10.8 Å². The van der Waals surface area contributed by atoms with Gasteiger partial charge in [0.2, 0.25) is 10.0 Å². The van der Waals surface area contributed by atoms with Crippen molar-refractivity contribution in [2.45, 2.75) is 94.7 Å². The minimum atomic E-state index is -4.55. The van der Waals surface area contributed by atoms with E-state index in [0.29, 0.717) is 35.5 Å². The summed E-state index contributed by atoms with van der Waals surface area (Å²) in [6.07, 6.45) is 1.52. The van der Waals surface area contributed by atoms with Crippen molar-refractivity contribution in [3.05, 3.63) is 76.3 Å². The Morgan fingerprint density at radius 3 is 2.09 bits per heavy atom. The van der Waals surface area contributed by atoms with E-state index in [9.17, 15) is 18.0 Å². The first-order valence-corrected chi connectivity index (χ1v) is 18.0. The maximum absolute atomic E-state index is 16.4. The van der Waals surface area contributed by atoms with Crippen molar-refractivity contribution < 1.29 is 31.5 Å². The molecular weight excluding hydrogens is 678 g/mol. The summed E-state index contributed by atoms with van der Waals surface area (Å²) in [6, 6.07) is 12.8. The summed E-state index contributed by atoms with van der Waals surface area (Å²) in [7, 11) is -4.55. The maximum atomic E-state index is 16.4. The number of alkyl carbamates (subject to hydrolysis) is 1. The highest BCUT2D eigenvalue weighted by Crippen LogP contribution is 2.49. The minimum Gasteiger partial charge on any atom is -0.444 e. The molecule has 0 saturated heterocycles. The first-order chi connectivity index (χ1) is 21.4. The molecule has 248 valence electrons. The van der Waals surface area contributed by atoms with Gasteiger partial charge in [-0.05, 0) is 105 Å². The summed E-state index contributed by atoms with van der Waals surface area (Å²) in [6.45, 7) is 9.41. The van der Waals surface area contributed by atoms with Gasteiger partial charge >= 0.3 is 6.09 Å². The number of hydrogen-bond donors (Lipinski definition) is 2. The van der Waals surface area contributed by atoms with E-state index >= 15 is 8.78 Å². The van der Waals surface area contributed by atoms with Gasteiger partial charge in [-0.3, -0.25) is 4.79 Å². The Morgan fingerprint density at radius 2 is 1.50 bits per heavy atom. The Balaban J connectivity index is 1.45. The maximum Gasteiger partial charge on any atom is 0.407 e. The number of rotatable bonds is 9. The fourth-order valence-corrected chi connectivity index (χ4v) is 8.42.